The van der Waals surface area contributed by atoms with Crippen molar-refractivity contribution in [3.63, 3.8) is 0 Å². The number of rotatable bonds is 3. The maximum Gasteiger partial charge on any atom is 0.573 e. The van der Waals surface area contributed by atoms with Crippen LogP contribution in [0.4, 0.5) is 22.0 Å². The molecule has 7 heteroatoms. The standard InChI is InChI=1S/C14H7F5O2/c15-10-6-3-5-9(12(10)16)13(20)8-4-1-2-7-11(8)21-14(17,18)19/h1-7H. The molecule has 110 valence electrons. The van der Waals surface area contributed by atoms with Crippen LogP contribution < -0.4 is 4.74 Å². The van der Waals surface area contributed by atoms with Gasteiger partial charge in [-0.15, -0.1) is 13.2 Å². The lowest BCUT2D eigenvalue weighted by molar-refractivity contribution is -0.274. The van der Waals surface area contributed by atoms with E-state index in [1.165, 1.54) is 12.1 Å². The zero-order valence-electron chi connectivity index (χ0n) is 10.2. The summed E-state index contributed by atoms with van der Waals surface area (Å²) in [5.41, 5.74) is -1.19. The van der Waals surface area contributed by atoms with E-state index in [9.17, 15) is 26.7 Å². The number of alkyl halides is 3. The van der Waals surface area contributed by atoms with Gasteiger partial charge in [-0.05, 0) is 24.3 Å². The lowest BCUT2D eigenvalue weighted by atomic mass is 10.0. The number of ether oxygens (including phenoxy) is 1. The lowest BCUT2D eigenvalue weighted by Gasteiger charge is -2.12. The Kier molecular flexibility index (Phi) is 3.93. The maximum atomic E-state index is 13.5. The Bertz CT molecular complexity index is 679. The zero-order valence-corrected chi connectivity index (χ0v) is 10.2. The minimum atomic E-state index is -5.00. The van der Waals surface area contributed by atoms with E-state index < -0.39 is 40.7 Å². The quantitative estimate of drug-likeness (QED) is 0.630. The molecule has 2 nitrogen and oxygen atoms in total. The van der Waals surface area contributed by atoms with Gasteiger partial charge in [-0.1, -0.05) is 18.2 Å². The van der Waals surface area contributed by atoms with Crippen molar-refractivity contribution >= 4 is 5.78 Å². The van der Waals surface area contributed by atoms with Gasteiger partial charge in [-0.25, -0.2) is 8.78 Å². The van der Waals surface area contributed by atoms with Gasteiger partial charge in [-0.3, -0.25) is 4.79 Å². The van der Waals surface area contributed by atoms with E-state index in [1.807, 2.05) is 0 Å². The van der Waals surface area contributed by atoms with Crippen LogP contribution in [0.15, 0.2) is 42.5 Å². The van der Waals surface area contributed by atoms with Crippen molar-refractivity contribution in [1.82, 2.24) is 0 Å². The van der Waals surface area contributed by atoms with Gasteiger partial charge >= 0.3 is 6.36 Å². The monoisotopic (exact) mass is 302 g/mol. The van der Waals surface area contributed by atoms with Crippen LogP contribution >= 0.6 is 0 Å². The number of carbonyl (C=O) groups excluding carboxylic acids is 1. The molecule has 0 fully saturated rings. The largest absolute Gasteiger partial charge is 0.573 e. The molecule has 0 bridgehead atoms. The number of halogens is 5. The number of ketones is 1. The van der Waals surface area contributed by atoms with Crippen molar-refractivity contribution in [3.8, 4) is 5.75 Å². The molecule has 0 atom stereocenters. The molecule has 0 aromatic heterocycles. The van der Waals surface area contributed by atoms with E-state index in [-0.39, 0.29) is 0 Å². The molecule has 0 spiro atoms. The highest BCUT2D eigenvalue weighted by Crippen LogP contribution is 2.28. The molecule has 0 amide bonds. The number of hydrogen-bond donors (Lipinski definition) is 0. The predicted octanol–water partition coefficient (Wildman–Crippen LogP) is 4.09. The molecule has 0 saturated carbocycles. The molecule has 0 radical (unpaired) electrons. The summed E-state index contributed by atoms with van der Waals surface area (Å²) in [4.78, 5) is 12.1. The van der Waals surface area contributed by atoms with Crippen molar-refractivity contribution in [3.05, 3.63) is 65.2 Å². The zero-order chi connectivity index (χ0) is 15.6. The third-order valence-electron chi connectivity index (χ3n) is 2.55. The highest BCUT2D eigenvalue weighted by molar-refractivity contribution is 6.10. The molecule has 0 aliphatic heterocycles. The second kappa shape index (κ2) is 5.51. The van der Waals surface area contributed by atoms with Gasteiger partial charge in [0.25, 0.3) is 0 Å². The molecule has 0 heterocycles. The Hall–Kier alpha value is -2.44. The average Bonchev–Trinajstić information content (AvgIpc) is 2.40. The third kappa shape index (κ3) is 3.36. The smallest absolute Gasteiger partial charge is 0.405 e. The van der Waals surface area contributed by atoms with Gasteiger partial charge in [0.15, 0.2) is 17.4 Å². The van der Waals surface area contributed by atoms with Gasteiger partial charge in [0.2, 0.25) is 0 Å². The summed E-state index contributed by atoms with van der Waals surface area (Å²) in [6, 6.07) is 7.31. The number of para-hydroxylation sites is 1. The summed E-state index contributed by atoms with van der Waals surface area (Å²) in [7, 11) is 0. The van der Waals surface area contributed by atoms with E-state index >= 15 is 0 Å². The summed E-state index contributed by atoms with van der Waals surface area (Å²) in [6.07, 6.45) is -5.00. The Labute approximate surface area is 115 Å². The van der Waals surface area contributed by atoms with Crippen LogP contribution in [0, 0.1) is 11.6 Å². The summed E-state index contributed by atoms with van der Waals surface area (Å²) in [6.45, 7) is 0. The minimum absolute atomic E-state index is 0.515. The normalized spacial score (nSPS) is 11.3. The van der Waals surface area contributed by atoms with Crippen molar-refractivity contribution < 1.29 is 31.5 Å². The maximum absolute atomic E-state index is 13.5. The molecule has 0 unspecified atom stereocenters. The summed E-state index contributed by atoms with van der Waals surface area (Å²) < 4.78 is 67.1. The Morgan fingerprint density at radius 2 is 1.52 bits per heavy atom. The fraction of sp³-hybridized carbons (Fsp3) is 0.0714. The molecule has 0 aliphatic rings. The Balaban J connectivity index is 2.47. The Morgan fingerprint density at radius 1 is 0.905 bits per heavy atom. The molecule has 21 heavy (non-hydrogen) atoms. The summed E-state index contributed by atoms with van der Waals surface area (Å²) in [5.74, 6) is -4.58. The van der Waals surface area contributed by atoms with Crippen LogP contribution in [0.1, 0.15) is 15.9 Å². The topological polar surface area (TPSA) is 26.3 Å². The van der Waals surface area contributed by atoms with Crippen LogP contribution in [0.3, 0.4) is 0 Å². The molecule has 2 aromatic carbocycles. The van der Waals surface area contributed by atoms with Crippen molar-refractivity contribution in [2.24, 2.45) is 0 Å². The molecule has 2 rings (SSSR count). The van der Waals surface area contributed by atoms with Crippen LogP contribution in [-0.4, -0.2) is 12.1 Å². The average molecular weight is 302 g/mol. The fourth-order valence-corrected chi connectivity index (χ4v) is 1.69. The van der Waals surface area contributed by atoms with Crippen LogP contribution in [0.5, 0.6) is 5.75 Å². The van der Waals surface area contributed by atoms with E-state index in [0.29, 0.717) is 0 Å². The SMILES string of the molecule is O=C(c1ccccc1OC(F)(F)F)c1cccc(F)c1F. The molecular formula is C14H7F5O2. The first kappa shape index (κ1) is 15.0. The van der Waals surface area contributed by atoms with E-state index in [1.54, 1.807) is 0 Å². The first-order chi connectivity index (χ1) is 9.79. The predicted molar refractivity (Wildman–Crippen MR) is 62.9 cm³/mol. The van der Waals surface area contributed by atoms with Gasteiger partial charge in [-0.2, -0.15) is 0 Å². The van der Waals surface area contributed by atoms with Crippen LogP contribution in [0.2, 0.25) is 0 Å². The molecule has 0 N–H and O–H groups in total. The summed E-state index contributed by atoms with van der Waals surface area (Å²) >= 11 is 0. The lowest BCUT2D eigenvalue weighted by Crippen LogP contribution is -2.19. The van der Waals surface area contributed by atoms with Crippen LogP contribution in [-0.2, 0) is 0 Å². The van der Waals surface area contributed by atoms with Gasteiger partial charge in [0.05, 0.1) is 11.1 Å². The van der Waals surface area contributed by atoms with Crippen molar-refractivity contribution in [1.29, 1.82) is 0 Å². The third-order valence-corrected chi connectivity index (χ3v) is 2.55. The van der Waals surface area contributed by atoms with E-state index in [0.717, 1.165) is 30.3 Å². The minimum Gasteiger partial charge on any atom is -0.405 e. The highest BCUT2D eigenvalue weighted by atomic mass is 19.4. The van der Waals surface area contributed by atoms with Crippen molar-refractivity contribution in [2.45, 2.75) is 6.36 Å². The second-order valence-electron chi connectivity index (χ2n) is 3.97. The molecule has 0 aliphatic carbocycles. The first-order valence-electron chi connectivity index (χ1n) is 5.63. The van der Waals surface area contributed by atoms with Gasteiger partial charge < -0.3 is 4.74 Å². The molecular weight excluding hydrogens is 295 g/mol. The number of hydrogen-bond acceptors (Lipinski definition) is 2. The van der Waals surface area contributed by atoms with Crippen molar-refractivity contribution in [2.75, 3.05) is 0 Å². The summed E-state index contributed by atoms with van der Waals surface area (Å²) in [5, 5.41) is 0. The number of benzene rings is 2. The first-order valence-corrected chi connectivity index (χ1v) is 5.63. The second-order valence-corrected chi connectivity index (χ2v) is 3.97. The van der Waals surface area contributed by atoms with Gasteiger partial charge in [0.1, 0.15) is 5.75 Å². The van der Waals surface area contributed by atoms with E-state index in [4.69, 9.17) is 0 Å². The molecule has 0 saturated heterocycles. The molecule has 2 aromatic rings. The number of carbonyl (C=O) groups is 1. The highest BCUT2D eigenvalue weighted by Gasteiger charge is 2.33. The fourth-order valence-electron chi connectivity index (χ4n) is 1.69. The Morgan fingerprint density at radius 3 is 2.19 bits per heavy atom. The van der Waals surface area contributed by atoms with Crippen LogP contribution in [0.25, 0.3) is 0 Å². The van der Waals surface area contributed by atoms with Gasteiger partial charge in [0, 0.05) is 0 Å². The van der Waals surface area contributed by atoms with E-state index in [2.05, 4.69) is 4.74 Å².